The molecule has 0 bridgehead atoms. The monoisotopic (exact) mass is 433 g/mol. The Hall–Kier alpha value is -3.43. The van der Waals surface area contributed by atoms with Crippen molar-refractivity contribution in [1.29, 1.82) is 5.26 Å². The maximum absolute atomic E-state index is 12.6. The Kier molecular flexibility index (Phi) is 6.81. The van der Waals surface area contributed by atoms with E-state index < -0.39 is 28.6 Å². The Bertz CT molecular complexity index is 1050. The van der Waals surface area contributed by atoms with Gasteiger partial charge in [-0.1, -0.05) is 50.3 Å². The van der Waals surface area contributed by atoms with Gasteiger partial charge in [0.2, 0.25) is 0 Å². The molecule has 0 aliphatic heterocycles. The Labute approximate surface area is 188 Å². The van der Waals surface area contributed by atoms with E-state index in [2.05, 4.69) is 6.07 Å². The highest BCUT2D eigenvalue weighted by Gasteiger charge is 2.78. The minimum atomic E-state index is -1.36. The number of carbonyl (C=O) groups excluding carboxylic acids is 1. The van der Waals surface area contributed by atoms with Gasteiger partial charge in [-0.25, -0.2) is 0 Å². The zero-order valence-corrected chi connectivity index (χ0v) is 18.4. The molecule has 32 heavy (non-hydrogen) atoms. The highest BCUT2D eigenvalue weighted by molar-refractivity contribution is 5.90. The first-order chi connectivity index (χ1) is 15.3. The van der Waals surface area contributed by atoms with Gasteiger partial charge < -0.3 is 14.6 Å². The topological polar surface area (TPSA) is 96.6 Å². The lowest BCUT2D eigenvalue weighted by Gasteiger charge is -2.22. The number of nitriles is 1. The van der Waals surface area contributed by atoms with Gasteiger partial charge in [-0.2, -0.15) is 5.26 Å². The maximum atomic E-state index is 12.6. The highest BCUT2D eigenvalue weighted by Crippen LogP contribution is 2.75. The van der Waals surface area contributed by atoms with Crippen molar-refractivity contribution in [3.63, 3.8) is 0 Å². The number of para-hydroxylation sites is 1. The summed E-state index contributed by atoms with van der Waals surface area (Å²) in [4.78, 5) is 24.6. The van der Waals surface area contributed by atoms with Crippen molar-refractivity contribution in [2.75, 3.05) is 13.7 Å². The van der Waals surface area contributed by atoms with Gasteiger partial charge in [0, 0.05) is 19.4 Å². The lowest BCUT2D eigenvalue weighted by atomic mass is 9.78. The summed E-state index contributed by atoms with van der Waals surface area (Å²) in [5, 5.41) is 20.3. The average Bonchev–Trinajstić information content (AvgIpc) is 3.27. The number of carbonyl (C=O) groups is 2. The van der Waals surface area contributed by atoms with Crippen LogP contribution in [0, 0.1) is 28.1 Å². The molecular weight excluding hydrogens is 406 g/mol. The third-order valence-electron chi connectivity index (χ3n) is 6.39. The van der Waals surface area contributed by atoms with Crippen LogP contribution in [0.3, 0.4) is 0 Å². The largest absolute Gasteiger partial charge is 0.481 e. The number of benzene rings is 2. The second-order valence-corrected chi connectivity index (χ2v) is 8.49. The molecule has 1 N–H and O–H groups in total. The summed E-state index contributed by atoms with van der Waals surface area (Å²) in [7, 11) is 1.52. The van der Waals surface area contributed by atoms with Crippen molar-refractivity contribution in [3.05, 3.63) is 72.3 Å². The molecule has 3 atom stereocenters. The molecule has 1 fully saturated rings. The van der Waals surface area contributed by atoms with Crippen LogP contribution in [-0.4, -0.2) is 30.6 Å². The normalized spacial score (nSPS) is 22.1. The highest BCUT2D eigenvalue weighted by atomic mass is 16.5. The number of ether oxygens (including phenoxy) is 2. The van der Waals surface area contributed by atoms with Gasteiger partial charge in [0.1, 0.15) is 16.9 Å². The van der Waals surface area contributed by atoms with Crippen LogP contribution in [0.25, 0.3) is 0 Å². The van der Waals surface area contributed by atoms with E-state index >= 15 is 0 Å². The maximum Gasteiger partial charge on any atom is 0.312 e. The summed E-state index contributed by atoms with van der Waals surface area (Å²) >= 11 is 0. The number of allylic oxidation sites excluding steroid dienone is 2. The molecule has 0 spiro atoms. The third kappa shape index (κ3) is 4.17. The molecule has 0 heterocycles. The lowest BCUT2D eigenvalue weighted by molar-refractivity contribution is -0.145. The second-order valence-electron chi connectivity index (χ2n) is 8.49. The van der Waals surface area contributed by atoms with E-state index in [0.29, 0.717) is 23.7 Å². The molecule has 0 saturated heterocycles. The molecule has 0 radical (unpaired) electrons. The molecule has 2 aromatic carbocycles. The minimum absolute atomic E-state index is 0.138. The Balaban J connectivity index is 1.92. The van der Waals surface area contributed by atoms with E-state index in [1.807, 2.05) is 44.2 Å². The summed E-state index contributed by atoms with van der Waals surface area (Å²) in [6.45, 7) is 3.95. The smallest absolute Gasteiger partial charge is 0.312 e. The van der Waals surface area contributed by atoms with Gasteiger partial charge in [-0.05, 0) is 41.3 Å². The first-order valence-corrected chi connectivity index (χ1v) is 10.4. The predicted octanol–water partition coefficient (Wildman–Crippen LogP) is 4.97. The molecule has 2 aromatic rings. The van der Waals surface area contributed by atoms with Crippen LogP contribution >= 0.6 is 0 Å². The molecule has 0 aromatic heterocycles. The molecule has 1 aliphatic carbocycles. The van der Waals surface area contributed by atoms with Gasteiger partial charge in [-0.3, -0.25) is 9.59 Å². The number of carboxylic acids is 1. The van der Waals surface area contributed by atoms with E-state index in [0.717, 1.165) is 0 Å². The molecule has 3 rings (SSSR count). The van der Waals surface area contributed by atoms with E-state index in [1.165, 1.54) is 13.2 Å². The lowest BCUT2D eigenvalue weighted by Crippen LogP contribution is -2.28. The van der Waals surface area contributed by atoms with Gasteiger partial charge in [0.15, 0.2) is 5.78 Å². The van der Waals surface area contributed by atoms with Gasteiger partial charge >= 0.3 is 5.97 Å². The zero-order chi connectivity index (χ0) is 23.4. The van der Waals surface area contributed by atoms with Crippen LogP contribution in [0.15, 0.2) is 66.7 Å². The average molecular weight is 434 g/mol. The number of hydrogen-bond donors (Lipinski definition) is 1. The fourth-order valence-corrected chi connectivity index (χ4v) is 4.62. The van der Waals surface area contributed by atoms with Crippen LogP contribution in [-0.2, 0) is 14.3 Å². The third-order valence-corrected chi connectivity index (χ3v) is 6.39. The summed E-state index contributed by atoms with van der Waals surface area (Å²) < 4.78 is 10.8. The van der Waals surface area contributed by atoms with E-state index in [4.69, 9.17) is 9.47 Å². The van der Waals surface area contributed by atoms with Crippen molar-refractivity contribution >= 4 is 11.8 Å². The Morgan fingerprint density at radius 3 is 2.47 bits per heavy atom. The van der Waals surface area contributed by atoms with Crippen LogP contribution < -0.4 is 4.74 Å². The van der Waals surface area contributed by atoms with Crippen LogP contribution in [0.4, 0.5) is 0 Å². The number of rotatable bonds is 10. The number of methoxy groups -OCH3 is 1. The molecular formula is C26H27NO5. The van der Waals surface area contributed by atoms with E-state index in [9.17, 15) is 20.0 Å². The number of aliphatic carboxylic acids is 1. The summed E-state index contributed by atoms with van der Waals surface area (Å²) in [5.74, 6) is -1.41. The first kappa shape index (κ1) is 23.2. The predicted molar refractivity (Wildman–Crippen MR) is 119 cm³/mol. The van der Waals surface area contributed by atoms with Crippen LogP contribution in [0.5, 0.6) is 11.5 Å². The standard InChI is InChI=1S/C26H27NO5/c1-25(2)23(13-12-19(28)14-15-31-3)26(25,24(29)30)22(17-27)18-8-7-11-21(16-18)32-20-9-5-4-6-10-20/h4-13,16,22-23H,14-15H2,1-3H3,(H,29,30)/b13-12-/t22-,23-,26+/m0/s1. The summed E-state index contributed by atoms with van der Waals surface area (Å²) in [5.41, 5.74) is -1.50. The Morgan fingerprint density at radius 1 is 1.16 bits per heavy atom. The van der Waals surface area contributed by atoms with Crippen molar-refractivity contribution in [2.45, 2.75) is 26.2 Å². The van der Waals surface area contributed by atoms with Gasteiger partial charge in [-0.15, -0.1) is 0 Å². The zero-order valence-electron chi connectivity index (χ0n) is 18.4. The summed E-state index contributed by atoms with van der Waals surface area (Å²) in [6.07, 6.45) is 3.28. The molecule has 1 saturated carbocycles. The van der Waals surface area contributed by atoms with Crippen molar-refractivity contribution in [3.8, 4) is 17.6 Å². The van der Waals surface area contributed by atoms with Gasteiger partial charge in [0.05, 0.1) is 18.6 Å². The van der Waals surface area contributed by atoms with E-state index in [1.54, 1.807) is 30.3 Å². The van der Waals surface area contributed by atoms with Crippen LogP contribution in [0.2, 0.25) is 0 Å². The summed E-state index contributed by atoms with van der Waals surface area (Å²) in [6, 6.07) is 18.4. The molecule has 166 valence electrons. The van der Waals surface area contributed by atoms with E-state index in [-0.39, 0.29) is 12.2 Å². The second kappa shape index (κ2) is 9.37. The van der Waals surface area contributed by atoms with Crippen molar-refractivity contribution in [1.82, 2.24) is 0 Å². The molecule has 6 heteroatoms. The fourth-order valence-electron chi connectivity index (χ4n) is 4.62. The molecule has 6 nitrogen and oxygen atoms in total. The van der Waals surface area contributed by atoms with Crippen LogP contribution in [0.1, 0.15) is 31.7 Å². The van der Waals surface area contributed by atoms with Crippen molar-refractivity contribution in [2.24, 2.45) is 16.7 Å². The quantitative estimate of drug-likeness (QED) is 0.531. The number of hydrogen-bond acceptors (Lipinski definition) is 5. The molecule has 0 amide bonds. The SMILES string of the molecule is COCCC(=O)/C=C\[C@H]1C(C)(C)[C@]1(C(=O)O)[C@@H](C#N)c1cccc(Oc2ccccc2)c1. The number of nitrogens with zero attached hydrogens (tertiary/aromatic N) is 1. The first-order valence-electron chi connectivity index (χ1n) is 10.4. The molecule has 1 aliphatic rings. The molecule has 0 unspecified atom stereocenters. The number of ketones is 1. The fraction of sp³-hybridized carbons (Fsp3) is 0.346. The number of carboxylic acid groups (broad SMARTS) is 1. The minimum Gasteiger partial charge on any atom is -0.481 e. The Morgan fingerprint density at radius 2 is 1.84 bits per heavy atom. The van der Waals surface area contributed by atoms with Gasteiger partial charge in [0.25, 0.3) is 0 Å². The van der Waals surface area contributed by atoms with Crippen molar-refractivity contribution < 1.29 is 24.2 Å².